The molecule has 0 aromatic heterocycles. The second kappa shape index (κ2) is 8.30. The number of methoxy groups -OCH3 is 2. The summed E-state index contributed by atoms with van der Waals surface area (Å²) >= 11 is 10.5. The molecule has 0 atom stereocenters. The maximum atomic E-state index is 5.23. The van der Waals surface area contributed by atoms with Gasteiger partial charge >= 0.3 is 0 Å². The van der Waals surface area contributed by atoms with Crippen LogP contribution < -0.4 is 25.4 Å². The van der Waals surface area contributed by atoms with E-state index in [0.717, 1.165) is 22.9 Å². The Bertz CT molecular complexity index is 613. The van der Waals surface area contributed by atoms with Gasteiger partial charge in [-0.2, -0.15) is 0 Å². The fraction of sp³-hybridized carbons (Fsp3) is 0.125. The van der Waals surface area contributed by atoms with Gasteiger partial charge in [0.25, 0.3) is 0 Å². The van der Waals surface area contributed by atoms with Gasteiger partial charge in [-0.05, 0) is 73.0 Å². The minimum Gasteiger partial charge on any atom is -0.497 e. The smallest absolute Gasteiger partial charge is 0.177 e. The molecule has 0 unspecified atom stereocenters. The summed E-state index contributed by atoms with van der Waals surface area (Å²) in [5.41, 5.74) is 1.69. The second-order valence-electron chi connectivity index (χ2n) is 4.49. The lowest BCUT2D eigenvalue weighted by Crippen LogP contribution is -2.37. The SMILES string of the molecule is COc1ccc(NC(=S)NC(=S)Nc2ccc(OC)cc2)cc1. The van der Waals surface area contributed by atoms with Crippen LogP contribution in [0, 0.1) is 0 Å². The van der Waals surface area contributed by atoms with Crippen LogP contribution >= 0.6 is 24.4 Å². The molecule has 2 aromatic rings. The summed E-state index contributed by atoms with van der Waals surface area (Å²) in [7, 11) is 3.25. The summed E-state index contributed by atoms with van der Waals surface area (Å²) < 4.78 is 10.2. The van der Waals surface area contributed by atoms with Crippen molar-refractivity contribution in [3.05, 3.63) is 48.5 Å². The lowest BCUT2D eigenvalue weighted by Gasteiger charge is -2.13. The van der Waals surface area contributed by atoms with Gasteiger partial charge in [-0.1, -0.05) is 0 Å². The summed E-state index contributed by atoms with van der Waals surface area (Å²) in [6, 6.07) is 14.9. The van der Waals surface area contributed by atoms with Crippen LogP contribution in [0.3, 0.4) is 0 Å². The molecule has 0 heterocycles. The molecule has 2 rings (SSSR count). The number of anilines is 2. The molecule has 3 N–H and O–H groups in total. The molecule has 23 heavy (non-hydrogen) atoms. The van der Waals surface area contributed by atoms with Crippen molar-refractivity contribution in [2.24, 2.45) is 0 Å². The van der Waals surface area contributed by atoms with Crippen LogP contribution in [-0.4, -0.2) is 24.4 Å². The van der Waals surface area contributed by atoms with Gasteiger partial charge in [0.1, 0.15) is 11.5 Å². The highest BCUT2D eigenvalue weighted by Crippen LogP contribution is 2.16. The van der Waals surface area contributed by atoms with Crippen molar-refractivity contribution in [1.82, 2.24) is 5.32 Å². The first-order valence-electron chi connectivity index (χ1n) is 6.78. The summed E-state index contributed by atoms with van der Waals surface area (Å²) in [6.07, 6.45) is 0. The van der Waals surface area contributed by atoms with Gasteiger partial charge in [-0.3, -0.25) is 0 Å². The molecule has 7 heteroatoms. The fourth-order valence-electron chi connectivity index (χ4n) is 1.78. The van der Waals surface area contributed by atoms with Crippen molar-refractivity contribution in [2.45, 2.75) is 0 Å². The largest absolute Gasteiger partial charge is 0.497 e. The Labute approximate surface area is 146 Å². The maximum absolute atomic E-state index is 5.23. The highest BCUT2D eigenvalue weighted by Gasteiger charge is 2.02. The van der Waals surface area contributed by atoms with Gasteiger partial charge in [0, 0.05) is 11.4 Å². The zero-order valence-electron chi connectivity index (χ0n) is 12.8. The lowest BCUT2D eigenvalue weighted by atomic mass is 10.3. The monoisotopic (exact) mass is 347 g/mol. The van der Waals surface area contributed by atoms with E-state index < -0.39 is 0 Å². The average molecular weight is 347 g/mol. The van der Waals surface area contributed by atoms with Crippen molar-refractivity contribution >= 4 is 46.0 Å². The van der Waals surface area contributed by atoms with Crippen molar-refractivity contribution in [1.29, 1.82) is 0 Å². The van der Waals surface area contributed by atoms with E-state index in [4.69, 9.17) is 33.9 Å². The van der Waals surface area contributed by atoms with Gasteiger partial charge < -0.3 is 25.4 Å². The first kappa shape index (κ1) is 17.0. The molecule has 0 aliphatic heterocycles. The molecular formula is C16H17N3O2S2. The van der Waals surface area contributed by atoms with Crippen molar-refractivity contribution in [3.63, 3.8) is 0 Å². The van der Waals surface area contributed by atoms with Gasteiger partial charge in [0.15, 0.2) is 10.2 Å². The Hall–Kier alpha value is -2.38. The number of hydrogen-bond acceptors (Lipinski definition) is 4. The van der Waals surface area contributed by atoms with E-state index in [1.54, 1.807) is 14.2 Å². The Kier molecular flexibility index (Phi) is 6.13. The van der Waals surface area contributed by atoms with Crippen molar-refractivity contribution in [3.8, 4) is 11.5 Å². The van der Waals surface area contributed by atoms with Crippen LogP contribution in [0.2, 0.25) is 0 Å². The highest BCUT2D eigenvalue weighted by atomic mass is 32.1. The topological polar surface area (TPSA) is 54.5 Å². The molecule has 0 fully saturated rings. The molecule has 0 bridgehead atoms. The van der Waals surface area contributed by atoms with Crippen LogP contribution in [0.4, 0.5) is 11.4 Å². The van der Waals surface area contributed by atoms with E-state index in [1.807, 2.05) is 48.5 Å². The highest BCUT2D eigenvalue weighted by molar-refractivity contribution is 7.82. The summed E-state index contributed by atoms with van der Waals surface area (Å²) in [5, 5.41) is 9.81. The van der Waals surface area contributed by atoms with E-state index in [-0.39, 0.29) is 0 Å². The van der Waals surface area contributed by atoms with E-state index in [0.29, 0.717) is 10.2 Å². The first-order chi connectivity index (χ1) is 11.1. The molecule has 0 aliphatic rings. The number of benzene rings is 2. The fourth-order valence-corrected chi connectivity index (χ4v) is 2.28. The van der Waals surface area contributed by atoms with E-state index >= 15 is 0 Å². The van der Waals surface area contributed by atoms with Gasteiger partial charge in [0.05, 0.1) is 14.2 Å². The van der Waals surface area contributed by atoms with Gasteiger partial charge in [-0.25, -0.2) is 0 Å². The van der Waals surface area contributed by atoms with Gasteiger partial charge in [0.2, 0.25) is 0 Å². The second-order valence-corrected chi connectivity index (χ2v) is 5.31. The zero-order valence-corrected chi connectivity index (χ0v) is 14.4. The number of nitrogens with one attached hydrogen (secondary N) is 3. The third kappa shape index (κ3) is 5.39. The Morgan fingerprint density at radius 1 is 0.696 bits per heavy atom. The predicted molar refractivity (Wildman–Crippen MR) is 102 cm³/mol. The third-order valence-corrected chi connectivity index (χ3v) is 3.33. The summed E-state index contributed by atoms with van der Waals surface area (Å²) in [5.74, 6) is 1.57. The first-order valence-corrected chi connectivity index (χ1v) is 7.59. The van der Waals surface area contributed by atoms with Gasteiger partial charge in [-0.15, -0.1) is 0 Å². The minimum absolute atomic E-state index is 0.404. The molecular weight excluding hydrogens is 330 g/mol. The molecule has 5 nitrogen and oxygen atoms in total. The Morgan fingerprint density at radius 2 is 1.04 bits per heavy atom. The Morgan fingerprint density at radius 3 is 1.35 bits per heavy atom. The minimum atomic E-state index is 0.404. The average Bonchev–Trinajstić information content (AvgIpc) is 2.56. The number of rotatable bonds is 4. The molecule has 0 aliphatic carbocycles. The molecule has 0 saturated carbocycles. The van der Waals surface area contributed by atoms with E-state index in [1.165, 1.54) is 0 Å². The standard InChI is InChI=1S/C16H17N3O2S2/c1-20-13-7-3-11(4-8-13)17-15(22)19-16(23)18-12-5-9-14(21-2)10-6-12/h3-10H,1-2H3,(H3,17,18,19,22,23). The molecule has 2 aromatic carbocycles. The van der Waals surface area contributed by atoms with E-state index in [9.17, 15) is 0 Å². The van der Waals surface area contributed by atoms with Crippen LogP contribution in [0.15, 0.2) is 48.5 Å². The van der Waals surface area contributed by atoms with Crippen molar-refractivity contribution < 1.29 is 9.47 Å². The normalized spacial score (nSPS) is 9.65. The Balaban J connectivity index is 1.84. The quantitative estimate of drug-likeness (QED) is 0.733. The maximum Gasteiger partial charge on any atom is 0.177 e. The van der Waals surface area contributed by atoms with Crippen LogP contribution in [-0.2, 0) is 0 Å². The number of hydrogen-bond donors (Lipinski definition) is 3. The number of thiocarbonyl (C=S) groups is 2. The van der Waals surface area contributed by atoms with Crippen LogP contribution in [0.5, 0.6) is 11.5 Å². The van der Waals surface area contributed by atoms with Crippen LogP contribution in [0.1, 0.15) is 0 Å². The predicted octanol–water partition coefficient (Wildman–Crippen LogP) is 3.39. The summed E-state index contributed by atoms with van der Waals surface area (Å²) in [4.78, 5) is 0. The zero-order chi connectivity index (χ0) is 16.7. The molecule has 0 saturated heterocycles. The van der Waals surface area contributed by atoms with Crippen LogP contribution in [0.25, 0.3) is 0 Å². The lowest BCUT2D eigenvalue weighted by molar-refractivity contribution is 0.415. The molecule has 0 spiro atoms. The van der Waals surface area contributed by atoms with Crippen molar-refractivity contribution in [2.75, 3.05) is 24.9 Å². The molecule has 0 radical (unpaired) electrons. The third-order valence-electron chi connectivity index (χ3n) is 2.92. The van der Waals surface area contributed by atoms with E-state index in [2.05, 4.69) is 16.0 Å². The summed E-state index contributed by atoms with van der Waals surface area (Å²) in [6.45, 7) is 0. The number of ether oxygens (including phenoxy) is 2. The molecule has 120 valence electrons. The molecule has 0 amide bonds.